The highest BCUT2D eigenvalue weighted by Crippen LogP contribution is 2.42. The molecule has 0 aliphatic carbocycles. The Morgan fingerprint density at radius 1 is 0.646 bits per heavy atom. The zero-order chi connectivity index (χ0) is 34.3. The third-order valence-electron chi connectivity index (χ3n) is 8.67. The average molecular weight is 675 g/mol. The van der Waals surface area contributed by atoms with E-state index in [1.807, 2.05) is 60.7 Å². The molecule has 2 amide bonds. The molecule has 2 aromatic carbocycles. The van der Waals surface area contributed by atoms with Gasteiger partial charge in [0.05, 0.1) is 25.4 Å². The quantitative estimate of drug-likeness (QED) is 0.424. The molecule has 4 aliphatic heterocycles. The molecule has 264 valence electrons. The number of amides is 2. The van der Waals surface area contributed by atoms with Crippen molar-refractivity contribution in [2.24, 2.45) is 0 Å². The summed E-state index contributed by atoms with van der Waals surface area (Å²) < 4.78 is 58.3. The Morgan fingerprint density at radius 3 is 1.33 bits per heavy atom. The molecule has 4 heterocycles. The molecule has 0 saturated carbocycles. The van der Waals surface area contributed by atoms with Gasteiger partial charge in [0.15, 0.2) is 36.7 Å². The lowest BCUT2D eigenvalue weighted by atomic mass is 9.95. The van der Waals surface area contributed by atoms with E-state index in [4.69, 9.17) is 47.4 Å². The van der Waals surface area contributed by atoms with Crippen molar-refractivity contribution in [2.45, 2.75) is 87.7 Å². The van der Waals surface area contributed by atoms with Gasteiger partial charge in [0, 0.05) is 66.3 Å². The van der Waals surface area contributed by atoms with Gasteiger partial charge in [-0.2, -0.15) is 0 Å². The summed E-state index contributed by atoms with van der Waals surface area (Å²) in [5.41, 5.74) is 1.74. The van der Waals surface area contributed by atoms with Gasteiger partial charge in [-0.05, 0) is 0 Å². The monoisotopic (exact) mass is 674 g/mol. The largest absolute Gasteiger partial charge is 0.354 e. The van der Waals surface area contributed by atoms with Gasteiger partial charge >= 0.3 is 0 Å². The third-order valence-corrected chi connectivity index (χ3v) is 8.67. The Hall–Kier alpha value is -3.02. The number of ether oxygens (including phenoxy) is 10. The van der Waals surface area contributed by atoms with E-state index in [2.05, 4.69) is 10.6 Å². The highest BCUT2D eigenvalue weighted by molar-refractivity contribution is 5.73. The highest BCUT2D eigenvalue weighted by atomic mass is 16.8. The second-order valence-electron chi connectivity index (χ2n) is 11.9. The summed E-state index contributed by atoms with van der Waals surface area (Å²) in [5.74, 6) is -2.64. The third kappa shape index (κ3) is 8.05. The van der Waals surface area contributed by atoms with Crippen LogP contribution in [0.3, 0.4) is 0 Å². The number of fused-ring (bicyclic) bond motifs is 4. The molecular formula is C34H46N2O12. The maximum atomic E-state index is 11.7. The van der Waals surface area contributed by atoms with E-state index >= 15 is 0 Å². The number of rotatable bonds is 8. The molecule has 4 aliphatic rings. The van der Waals surface area contributed by atoms with E-state index in [1.165, 1.54) is 28.1 Å². The molecule has 10 unspecified atom stereocenters. The maximum Gasteiger partial charge on any atom is 0.217 e. The Balaban J connectivity index is 0.000000188. The Bertz CT molecular complexity index is 1240. The average Bonchev–Trinajstić information content (AvgIpc) is 3.37. The fraction of sp³-hybridized carbons (Fsp3) is 0.588. The SMILES string of the molecule is COC1OC2COC(c3ccccc3)OC(OC)(C2)C1NC(C)=O.COC1OC2COC(c3ccccc3)OC(OC)(C2)C1NC(C)=O. The van der Waals surface area contributed by atoms with Gasteiger partial charge in [0.2, 0.25) is 11.8 Å². The summed E-state index contributed by atoms with van der Waals surface area (Å²) in [5, 5.41) is 5.67. The lowest BCUT2D eigenvalue weighted by molar-refractivity contribution is -0.345. The maximum absolute atomic E-state index is 11.7. The van der Waals surface area contributed by atoms with Gasteiger partial charge in [0.1, 0.15) is 12.1 Å². The predicted octanol–water partition coefficient (Wildman–Crippen LogP) is 2.68. The standard InChI is InChI=1S/2C17H23NO6/c2*1-11(19)18-14-16(20-2)23-13-9-17(14,21-3)24-15(22-10-13)12-7-5-4-6-8-12/h2*4-8,13-16H,9-10H2,1-3H3,(H,18,19). The van der Waals surface area contributed by atoms with E-state index in [-0.39, 0.29) is 24.0 Å². The van der Waals surface area contributed by atoms with Crippen LogP contribution in [0, 0.1) is 0 Å². The summed E-state index contributed by atoms with van der Waals surface area (Å²) in [6.45, 7) is 3.56. The van der Waals surface area contributed by atoms with Crippen molar-refractivity contribution in [1.29, 1.82) is 0 Å². The summed E-state index contributed by atoms with van der Waals surface area (Å²) in [6.07, 6.45) is -2.27. The van der Waals surface area contributed by atoms with Crippen LogP contribution in [-0.2, 0) is 57.0 Å². The highest BCUT2D eigenvalue weighted by Gasteiger charge is 2.57. The van der Waals surface area contributed by atoms with Crippen LogP contribution in [0.25, 0.3) is 0 Å². The summed E-state index contributed by atoms with van der Waals surface area (Å²) in [7, 11) is 6.15. The van der Waals surface area contributed by atoms with Gasteiger partial charge < -0.3 is 58.0 Å². The number of benzene rings is 2. The van der Waals surface area contributed by atoms with E-state index in [0.29, 0.717) is 26.1 Å². The van der Waals surface area contributed by atoms with Gasteiger partial charge in [-0.15, -0.1) is 0 Å². The number of methoxy groups -OCH3 is 4. The molecule has 0 aromatic heterocycles. The van der Waals surface area contributed by atoms with Crippen LogP contribution in [0.5, 0.6) is 0 Å². The van der Waals surface area contributed by atoms with Gasteiger partial charge in [-0.3, -0.25) is 9.59 Å². The molecule has 0 spiro atoms. The van der Waals surface area contributed by atoms with Crippen molar-refractivity contribution in [1.82, 2.24) is 10.6 Å². The van der Waals surface area contributed by atoms with Crippen LogP contribution < -0.4 is 10.6 Å². The summed E-state index contributed by atoms with van der Waals surface area (Å²) >= 11 is 0. The van der Waals surface area contributed by atoms with Crippen LogP contribution in [0.15, 0.2) is 60.7 Å². The lowest BCUT2D eigenvalue weighted by Gasteiger charge is -2.47. The van der Waals surface area contributed by atoms with Crippen molar-refractivity contribution in [3.05, 3.63) is 71.8 Å². The van der Waals surface area contributed by atoms with Crippen LogP contribution in [0.2, 0.25) is 0 Å². The van der Waals surface area contributed by atoms with E-state index in [0.717, 1.165) is 11.1 Å². The molecular weight excluding hydrogens is 628 g/mol. The molecule has 6 rings (SSSR count). The van der Waals surface area contributed by atoms with Crippen molar-refractivity contribution < 1.29 is 57.0 Å². The molecule has 10 atom stereocenters. The molecule has 14 nitrogen and oxygen atoms in total. The summed E-state index contributed by atoms with van der Waals surface area (Å²) in [6, 6.07) is 18.0. The number of hydrogen-bond donors (Lipinski definition) is 2. The van der Waals surface area contributed by atoms with Crippen LogP contribution in [0.4, 0.5) is 0 Å². The number of hydrogen-bond acceptors (Lipinski definition) is 12. The minimum absolute atomic E-state index is 0.217. The molecule has 4 saturated heterocycles. The lowest BCUT2D eigenvalue weighted by Crippen LogP contribution is -2.66. The van der Waals surface area contributed by atoms with Crippen molar-refractivity contribution >= 4 is 11.8 Å². The zero-order valence-corrected chi connectivity index (χ0v) is 28.1. The first-order valence-electron chi connectivity index (χ1n) is 15.9. The second kappa shape index (κ2) is 16.1. The number of carbonyl (C=O) groups is 2. The van der Waals surface area contributed by atoms with Crippen molar-refractivity contribution in [3.8, 4) is 0 Å². The van der Waals surface area contributed by atoms with E-state index in [9.17, 15) is 9.59 Å². The fourth-order valence-electron chi connectivity index (χ4n) is 6.44. The first-order chi connectivity index (χ1) is 23.2. The Morgan fingerprint density at radius 2 is 1.02 bits per heavy atom. The van der Waals surface area contributed by atoms with E-state index in [1.54, 1.807) is 14.2 Å². The predicted molar refractivity (Wildman–Crippen MR) is 168 cm³/mol. The minimum Gasteiger partial charge on any atom is -0.354 e. The molecule has 48 heavy (non-hydrogen) atoms. The molecule has 4 bridgehead atoms. The smallest absolute Gasteiger partial charge is 0.217 e. The fourth-order valence-corrected chi connectivity index (χ4v) is 6.44. The molecule has 2 N–H and O–H groups in total. The molecule has 14 heteroatoms. The van der Waals surface area contributed by atoms with Crippen LogP contribution in [0.1, 0.15) is 50.4 Å². The van der Waals surface area contributed by atoms with Gasteiger partial charge in [-0.25, -0.2) is 0 Å². The van der Waals surface area contributed by atoms with Gasteiger partial charge in [-0.1, -0.05) is 60.7 Å². The molecule has 2 aromatic rings. The zero-order valence-electron chi connectivity index (χ0n) is 28.1. The first kappa shape index (κ1) is 36.3. The van der Waals surface area contributed by atoms with Crippen LogP contribution in [-0.4, -0.2) is 102 Å². The van der Waals surface area contributed by atoms with Gasteiger partial charge in [0.25, 0.3) is 0 Å². The molecule has 4 fully saturated rings. The van der Waals surface area contributed by atoms with Crippen molar-refractivity contribution in [2.75, 3.05) is 41.7 Å². The molecule has 0 radical (unpaired) electrons. The second-order valence-corrected chi connectivity index (χ2v) is 11.9. The topological polar surface area (TPSA) is 150 Å². The summed E-state index contributed by atoms with van der Waals surface area (Å²) in [4.78, 5) is 23.3. The normalized spacial score (nSPS) is 36.0. The minimum atomic E-state index is -1.10. The van der Waals surface area contributed by atoms with E-state index < -0.39 is 48.8 Å². The Kier molecular flexibility index (Phi) is 12.2. The van der Waals surface area contributed by atoms with Crippen molar-refractivity contribution in [3.63, 3.8) is 0 Å². The number of nitrogens with one attached hydrogen (secondary N) is 2. The number of carbonyl (C=O) groups excluding carboxylic acids is 2. The van der Waals surface area contributed by atoms with Crippen LogP contribution >= 0.6 is 0 Å². The first-order valence-corrected chi connectivity index (χ1v) is 15.9. The Labute approximate surface area is 280 Å².